The van der Waals surface area contributed by atoms with Gasteiger partial charge in [-0.05, 0) is 6.07 Å². The van der Waals surface area contributed by atoms with Crippen LogP contribution in [0.15, 0.2) is 37.1 Å². The summed E-state index contributed by atoms with van der Waals surface area (Å²) in [6, 6.07) is 3.63. The zero-order valence-electron chi connectivity index (χ0n) is 6.96. The monoisotopic (exact) mass is 175 g/mol. The highest BCUT2D eigenvalue weighted by Crippen LogP contribution is 2.09. The van der Waals surface area contributed by atoms with Crippen molar-refractivity contribution in [2.75, 3.05) is 0 Å². The zero-order valence-corrected chi connectivity index (χ0v) is 6.96. The Balaban J connectivity index is 2.51. The SMILES string of the molecule is OCc1cccnc1-n1ccnc1. The summed E-state index contributed by atoms with van der Waals surface area (Å²) in [7, 11) is 0. The van der Waals surface area contributed by atoms with Crippen LogP contribution in [-0.2, 0) is 6.61 Å². The van der Waals surface area contributed by atoms with Crippen molar-refractivity contribution in [1.82, 2.24) is 14.5 Å². The molecule has 0 saturated carbocycles. The molecule has 0 saturated heterocycles. The molecule has 0 unspecified atom stereocenters. The summed E-state index contributed by atoms with van der Waals surface area (Å²) in [6.07, 6.45) is 6.81. The minimum absolute atomic E-state index is 0.0125. The number of aliphatic hydroxyl groups is 1. The molecule has 0 fully saturated rings. The Morgan fingerprint density at radius 3 is 3.00 bits per heavy atom. The van der Waals surface area contributed by atoms with Crippen LogP contribution in [0.5, 0.6) is 0 Å². The lowest BCUT2D eigenvalue weighted by Gasteiger charge is -2.04. The van der Waals surface area contributed by atoms with Crippen LogP contribution >= 0.6 is 0 Å². The Bertz CT molecular complexity index is 384. The van der Waals surface area contributed by atoms with Gasteiger partial charge in [0, 0.05) is 24.2 Å². The van der Waals surface area contributed by atoms with E-state index in [2.05, 4.69) is 9.97 Å². The summed E-state index contributed by atoms with van der Waals surface area (Å²) in [6.45, 7) is -0.0125. The fraction of sp³-hybridized carbons (Fsp3) is 0.111. The molecule has 2 heterocycles. The van der Waals surface area contributed by atoms with E-state index in [0.29, 0.717) is 0 Å². The predicted octanol–water partition coefficient (Wildman–Crippen LogP) is 0.760. The maximum atomic E-state index is 9.04. The average Bonchev–Trinajstić information content (AvgIpc) is 2.70. The molecule has 2 aromatic rings. The number of aromatic nitrogens is 3. The maximum absolute atomic E-state index is 9.04. The topological polar surface area (TPSA) is 50.9 Å². The molecule has 0 aliphatic heterocycles. The summed E-state index contributed by atoms with van der Waals surface area (Å²) in [5.41, 5.74) is 0.792. The van der Waals surface area contributed by atoms with Gasteiger partial charge in [-0.25, -0.2) is 9.97 Å². The van der Waals surface area contributed by atoms with Crippen molar-refractivity contribution in [1.29, 1.82) is 0 Å². The summed E-state index contributed by atoms with van der Waals surface area (Å²) in [4.78, 5) is 8.07. The van der Waals surface area contributed by atoms with Gasteiger partial charge >= 0.3 is 0 Å². The lowest BCUT2D eigenvalue weighted by Crippen LogP contribution is -1.99. The fourth-order valence-corrected chi connectivity index (χ4v) is 1.17. The normalized spacial score (nSPS) is 10.2. The predicted molar refractivity (Wildman–Crippen MR) is 47.3 cm³/mol. The Morgan fingerprint density at radius 2 is 2.31 bits per heavy atom. The van der Waals surface area contributed by atoms with Gasteiger partial charge < -0.3 is 5.11 Å². The van der Waals surface area contributed by atoms with Crippen LogP contribution in [0.1, 0.15) is 5.56 Å². The van der Waals surface area contributed by atoms with Crippen LogP contribution in [0, 0.1) is 0 Å². The van der Waals surface area contributed by atoms with Gasteiger partial charge in [0.15, 0.2) is 0 Å². The largest absolute Gasteiger partial charge is 0.392 e. The highest BCUT2D eigenvalue weighted by molar-refractivity contribution is 5.32. The van der Waals surface area contributed by atoms with Crippen molar-refractivity contribution >= 4 is 0 Å². The van der Waals surface area contributed by atoms with Gasteiger partial charge in [0.05, 0.1) is 6.61 Å². The molecule has 0 aliphatic rings. The van der Waals surface area contributed by atoms with Gasteiger partial charge in [0.25, 0.3) is 0 Å². The van der Waals surface area contributed by atoms with Gasteiger partial charge in [-0.3, -0.25) is 4.57 Å². The third-order valence-electron chi connectivity index (χ3n) is 1.79. The van der Waals surface area contributed by atoms with Crippen LogP contribution in [0.25, 0.3) is 5.82 Å². The van der Waals surface area contributed by atoms with E-state index >= 15 is 0 Å². The molecule has 0 bridgehead atoms. The maximum Gasteiger partial charge on any atom is 0.143 e. The molecule has 13 heavy (non-hydrogen) atoms. The van der Waals surface area contributed by atoms with Crippen molar-refractivity contribution < 1.29 is 5.11 Å². The van der Waals surface area contributed by atoms with E-state index in [1.807, 2.05) is 6.07 Å². The van der Waals surface area contributed by atoms with Gasteiger partial charge in [-0.1, -0.05) is 6.07 Å². The number of imidazole rings is 1. The van der Waals surface area contributed by atoms with E-state index in [0.717, 1.165) is 11.4 Å². The Hall–Kier alpha value is -1.68. The van der Waals surface area contributed by atoms with E-state index < -0.39 is 0 Å². The summed E-state index contributed by atoms with van der Waals surface area (Å²) in [5, 5.41) is 9.04. The van der Waals surface area contributed by atoms with Crippen LogP contribution in [0.3, 0.4) is 0 Å². The molecular weight excluding hydrogens is 166 g/mol. The first kappa shape index (κ1) is 7.94. The van der Waals surface area contributed by atoms with Crippen molar-refractivity contribution in [3.8, 4) is 5.82 Å². The summed E-state index contributed by atoms with van der Waals surface area (Å²) >= 11 is 0. The van der Waals surface area contributed by atoms with Gasteiger partial charge in [-0.2, -0.15) is 0 Å². The van der Waals surface area contributed by atoms with E-state index in [1.54, 1.807) is 35.6 Å². The van der Waals surface area contributed by atoms with E-state index in [9.17, 15) is 0 Å². The molecular formula is C9H9N3O. The third kappa shape index (κ3) is 1.43. The lowest BCUT2D eigenvalue weighted by atomic mass is 10.3. The van der Waals surface area contributed by atoms with Crippen molar-refractivity contribution in [2.24, 2.45) is 0 Å². The first-order valence-corrected chi connectivity index (χ1v) is 3.95. The molecule has 0 atom stereocenters. The molecule has 0 aromatic carbocycles. The number of pyridine rings is 1. The van der Waals surface area contributed by atoms with Gasteiger partial charge in [0.1, 0.15) is 12.1 Å². The first-order chi connectivity index (χ1) is 6.42. The molecule has 1 N–H and O–H groups in total. The standard InChI is InChI=1S/C9H9N3O/c13-6-8-2-1-3-11-9(8)12-5-4-10-7-12/h1-5,7,13H,6H2. The Morgan fingerprint density at radius 1 is 1.38 bits per heavy atom. The highest BCUT2D eigenvalue weighted by atomic mass is 16.3. The van der Waals surface area contributed by atoms with Crippen LogP contribution in [0.2, 0.25) is 0 Å². The molecule has 2 rings (SSSR count). The van der Waals surface area contributed by atoms with E-state index in [1.165, 1.54) is 0 Å². The highest BCUT2D eigenvalue weighted by Gasteiger charge is 2.02. The molecule has 66 valence electrons. The van der Waals surface area contributed by atoms with Crippen molar-refractivity contribution in [3.05, 3.63) is 42.6 Å². The molecule has 4 nitrogen and oxygen atoms in total. The second kappa shape index (κ2) is 3.37. The quantitative estimate of drug-likeness (QED) is 0.733. The van der Waals surface area contributed by atoms with E-state index in [-0.39, 0.29) is 6.61 Å². The molecule has 2 aromatic heterocycles. The van der Waals surface area contributed by atoms with Gasteiger partial charge in [0.2, 0.25) is 0 Å². The van der Waals surface area contributed by atoms with Gasteiger partial charge in [-0.15, -0.1) is 0 Å². The second-order valence-corrected chi connectivity index (χ2v) is 2.61. The van der Waals surface area contributed by atoms with Crippen molar-refractivity contribution in [2.45, 2.75) is 6.61 Å². The van der Waals surface area contributed by atoms with Crippen molar-refractivity contribution in [3.63, 3.8) is 0 Å². The van der Waals surface area contributed by atoms with Crippen LogP contribution < -0.4 is 0 Å². The second-order valence-electron chi connectivity index (χ2n) is 2.61. The van der Waals surface area contributed by atoms with E-state index in [4.69, 9.17) is 5.11 Å². The molecule has 0 spiro atoms. The Kier molecular flexibility index (Phi) is 2.06. The smallest absolute Gasteiger partial charge is 0.143 e. The number of hydrogen-bond acceptors (Lipinski definition) is 3. The minimum atomic E-state index is -0.0125. The minimum Gasteiger partial charge on any atom is -0.392 e. The molecule has 0 aliphatic carbocycles. The zero-order chi connectivity index (χ0) is 9.10. The molecule has 0 radical (unpaired) electrons. The molecule has 0 amide bonds. The summed E-state index contributed by atoms with van der Waals surface area (Å²) in [5.74, 6) is 0.725. The number of nitrogens with zero attached hydrogens (tertiary/aromatic N) is 3. The average molecular weight is 175 g/mol. The number of hydrogen-bond donors (Lipinski definition) is 1. The molecule has 4 heteroatoms. The van der Waals surface area contributed by atoms with Crippen LogP contribution in [0.4, 0.5) is 0 Å². The lowest BCUT2D eigenvalue weighted by molar-refractivity contribution is 0.281. The number of rotatable bonds is 2. The summed E-state index contributed by atoms with van der Waals surface area (Å²) < 4.78 is 1.77. The Labute approximate surface area is 75.5 Å². The first-order valence-electron chi connectivity index (χ1n) is 3.95. The third-order valence-corrected chi connectivity index (χ3v) is 1.79. The number of aliphatic hydroxyl groups excluding tert-OH is 1. The van der Waals surface area contributed by atoms with Crippen LogP contribution in [-0.4, -0.2) is 19.6 Å². The fourth-order valence-electron chi connectivity index (χ4n) is 1.17.